The molecule has 3 N–H and O–H groups in total. The molecule has 44 heavy (non-hydrogen) atoms. The van der Waals surface area contributed by atoms with Gasteiger partial charge in [0.15, 0.2) is 0 Å². The number of nitrogens with one attached hydrogen (secondary N) is 2. The van der Waals surface area contributed by atoms with Crippen LogP contribution in [-0.4, -0.2) is 62.6 Å². The van der Waals surface area contributed by atoms with Crippen LogP contribution in [0.3, 0.4) is 0 Å². The number of rotatable bonds is 8. The Hall–Kier alpha value is -4.36. The first-order valence-electron chi connectivity index (χ1n) is 14.0. The van der Waals surface area contributed by atoms with E-state index < -0.39 is 23.3 Å². The van der Waals surface area contributed by atoms with Crippen molar-refractivity contribution in [3.63, 3.8) is 0 Å². The molecular formula is C31H33ClN6O6. The van der Waals surface area contributed by atoms with Gasteiger partial charge in [0.2, 0.25) is 5.88 Å². The molecule has 1 aliphatic rings. The number of hydrogen-bond donors (Lipinski definition) is 3. The Morgan fingerprint density at radius 2 is 1.89 bits per heavy atom. The van der Waals surface area contributed by atoms with Gasteiger partial charge in [0.25, 0.3) is 11.5 Å². The molecule has 230 valence electrons. The van der Waals surface area contributed by atoms with E-state index in [2.05, 4.69) is 20.6 Å². The molecule has 1 aliphatic heterocycles. The monoisotopic (exact) mass is 620 g/mol. The molecule has 13 heteroatoms. The quantitative estimate of drug-likeness (QED) is 0.270. The van der Waals surface area contributed by atoms with Crippen LogP contribution in [0.5, 0.6) is 5.88 Å². The summed E-state index contributed by atoms with van der Waals surface area (Å²) in [4.78, 5) is 47.0. The Balaban J connectivity index is 1.42. The number of amides is 1. The molecule has 5 rings (SSSR count). The molecule has 1 fully saturated rings. The number of aromatic nitrogens is 4. The normalized spacial score (nSPS) is 16.5. The molecule has 2 atom stereocenters. The number of nitrogens with zero attached hydrogens (tertiary/aromatic N) is 4. The standard InChI is InChI=1S/C31H33ClN6O6/c1-17-18(7-6-10-22(17)35-28(40)21-15-37(2)31(42)38(3)30(21)41)19-8-5-9-20(27(19)32)24-13-34-25(29(36-24)43-4)14-33-23-11-12-44-16-26(23)39/h5-10,13,15,23,26,33,39H,11-12,14,16H2,1-4H3,(H,35,40)/t23-,26+/m1/s1. The molecular weight excluding hydrogens is 588 g/mol. The van der Waals surface area contributed by atoms with Gasteiger partial charge in [-0.15, -0.1) is 0 Å². The van der Waals surface area contributed by atoms with Crippen LogP contribution >= 0.6 is 11.6 Å². The lowest BCUT2D eigenvalue weighted by Crippen LogP contribution is -2.46. The topological polar surface area (TPSA) is 150 Å². The highest BCUT2D eigenvalue weighted by Gasteiger charge is 2.24. The molecule has 0 unspecified atom stereocenters. The van der Waals surface area contributed by atoms with E-state index in [0.29, 0.717) is 58.7 Å². The molecule has 0 saturated carbocycles. The minimum atomic E-state index is -0.685. The Morgan fingerprint density at radius 1 is 1.16 bits per heavy atom. The first-order valence-corrected chi connectivity index (χ1v) is 14.3. The summed E-state index contributed by atoms with van der Waals surface area (Å²) in [6.45, 7) is 3.06. The molecule has 1 amide bonds. The van der Waals surface area contributed by atoms with Gasteiger partial charge in [-0.3, -0.25) is 19.1 Å². The second-order valence-electron chi connectivity index (χ2n) is 10.5. The number of anilines is 1. The number of aliphatic hydroxyl groups is 1. The number of carbonyl (C=O) groups excluding carboxylic acids is 1. The summed E-state index contributed by atoms with van der Waals surface area (Å²) in [6, 6.07) is 10.8. The number of ether oxygens (including phenoxy) is 2. The van der Waals surface area contributed by atoms with Crippen LogP contribution in [0.1, 0.15) is 28.0 Å². The molecule has 2 aromatic carbocycles. The van der Waals surface area contributed by atoms with Gasteiger partial charge in [-0.25, -0.2) is 9.78 Å². The van der Waals surface area contributed by atoms with Gasteiger partial charge in [0.05, 0.1) is 36.7 Å². The zero-order chi connectivity index (χ0) is 31.5. The van der Waals surface area contributed by atoms with Crippen LogP contribution < -0.4 is 26.6 Å². The van der Waals surface area contributed by atoms with E-state index in [0.717, 1.165) is 15.7 Å². The highest BCUT2D eigenvalue weighted by atomic mass is 35.5. The Labute approximate surface area is 258 Å². The maximum atomic E-state index is 13.1. The zero-order valence-electron chi connectivity index (χ0n) is 24.8. The molecule has 3 heterocycles. The average Bonchev–Trinajstić information content (AvgIpc) is 3.02. The predicted octanol–water partition coefficient (Wildman–Crippen LogP) is 2.67. The van der Waals surface area contributed by atoms with Crippen LogP contribution in [0.25, 0.3) is 22.4 Å². The van der Waals surface area contributed by atoms with E-state index in [1.807, 2.05) is 31.2 Å². The van der Waals surface area contributed by atoms with Gasteiger partial charge in [0, 0.05) is 56.3 Å². The largest absolute Gasteiger partial charge is 0.480 e. The van der Waals surface area contributed by atoms with E-state index in [-0.39, 0.29) is 18.2 Å². The zero-order valence-corrected chi connectivity index (χ0v) is 25.5. The van der Waals surface area contributed by atoms with Crippen LogP contribution in [0, 0.1) is 6.92 Å². The molecule has 1 saturated heterocycles. The number of hydrogen-bond acceptors (Lipinski definition) is 9. The Morgan fingerprint density at radius 3 is 2.64 bits per heavy atom. The summed E-state index contributed by atoms with van der Waals surface area (Å²) < 4.78 is 12.9. The van der Waals surface area contributed by atoms with Crippen molar-refractivity contribution in [1.29, 1.82) is 0 Å². The van der Waals surface area contributed by atoms with Crippen molar-refractivity contribution in [2.24, 2.45) is 14.1 Å². The lowest BCUT2D eigenvalue weighted by molar-refractivity contribution is -0.0281. The average molecular weight is 621 g/mol. The third kappa shape index (κ3) is 6.15. The smallest absolute Gasteiger partial charge is 0.330 e. The lowest BCUT2D eigenvalue weighted by atomic mass is 9.96. The molecule has 4 aromatic rings. The van der Waals surface area contributed by atoms with Gasteiger partial charge in [-0.2, -0.15) is 0 Å². The van der Waals surface area contributed by atoms with E-state index in [9.17, 15) is 19.5 Å². The van der Waals surface area contributed by atoms with Crippen molar-refractivity contribution in [2.45, 2.75) is 32.0 Å². The highest BCUT2D eigenvalue weighted by molar-refractivity contribution is 6.36. The number of benzene rings is 2. The highest BCUT2D eigenvalue weighted by Crippen LogP contribution is 2.39. The van der Waals surface area contributed by atoms with Gasteiger partial charge in [-0.05, 0) is 30.5 Å². The lowest BCUT2D eigenvalue weighted by Gasteiger charge is -2.28. The number of aryl methyl sites for hydroxylation is 1. The van der Waals surface area contributed by atoms with E-state index in [4.69, 9.17) is 21.1 Å². The summed E-state index contributed by atoms with van der Waals surface area (Å²) in [7, 11) is 4.32. The third-order valence-corrected chi connectivity index (χ3v) is 8.11. The minimum Gasteiger partial charge on any atom is -0.480 e. The van der Waals surface area contributed by atoms with Crippen molar-refractivity contribution < 1.29 is 19.4 Å². The fraction of sp³-hybridized carbons (Fsp3) is 0.323. The predicted molar refractivity (Wildman–Crippen MR) is 166 cm³/mol. The summed E-state index contributed by atoms with van der Waals surface area (Å²) in [5.74, 6) is -0.298. The van der Waals surface area contributed by atoms with Gasteiger partial charge in [0.1, 0.15) is 11.3 Å². The van der Waals surface area contributed by atoms with Crippen molar-refractivity contribution >= 4 is 23.2 Å². The van der Waals surface area contributed by atoms with Crippen molar-refractivity contribution in [3.05, 3.63) is 91.5 Å². The first-order chi connectivity index (χ1) is 21.1. The van der Waals surface area contributed by atoms with Gasteiger partial charge >= 0.3 is 5.69 Å². The second kappa shape index (κ2) is 13.1. The number of carbonyl (C=O) groups is 1. The molecule has 12 nitrogen and oxygen atoms in total. The van der Waals surface area contributed by atoms with Gasteiger partial charge < -0.3 is 29.8 Å². The minimum absolute atomic E-state index is 0.114. The Bertz CT molecular complexity index is 1840. The molecule has 0 spiro atoms. The maximum Gasteiger partial charge on any atom is 0.330 e. The molecule has 0 aliphatic carbocycles. The van der Waals surface area contributed by atoms with Crippen molar-refractivity contribution in [3.8, 4) is 28.3 Å². The number of aliphatic hydroxyl groups excluding tert-OH is 1. The van der Waals surface area contributed by atoms with Crippen LogP contribution in [-0.2, 0) is 25.4 Å². The fourth-order valence-electron chi connectivity index (χ4n) is 5.15. The summed E-state index contributed by atoms with van der Waals surface area (Å²) >= 11 is 6.96. The number of halogens is 1. The Kier molecular flexibility index (Phi) is 9.25. The van der Waals surface area contributed by atoms with Crippen LogP contribution in [0.15, 0.2) is 58.4 Å². The first kappa shape index (κ1) is 31.1. The van der Waals surface area contributed by atoms with Crippen molar-refractivity contribution in [2.75, 3.05) is 25.6 Å². The second-order valence-corrected chi connectivity index (χ2v) is 10.9. The van der Waals surface area contributed by atoms with E-state index in [1.54, 1.807) is 18.3 Å². The van der Waals surface area contributed by atoms with E-state index >= 15 is 0 Å². The summed E-state index contributed by atoms with van der Waals surface area (Å²) in [6.07, 6.45) is 2.94. The maximum absolute atomic E-state index is 13.1. The van der Waals surface area contributed by atoms with Crippen molar-refractivity contribution in [1.82, 2.24) is 24.4 Å². The molecule has 2 aromatic heterocycles. The molecule has 0 bridgehead atoms. The SMILES string of the molecule is COc1nc(-c2cccc(-c3cccc(NC(=O)c4cn(C)c(=O)n(C)c4=O)c3C)c2Cl)cnc1CN[C@@H]1CCOC[C@@H]1O. The molecule has 0 radical (unpaired) electrons. The summed E-state index contributed by atoms with van der Waals surface area (Å²) in [5, 5.41) is 16.7. The number of methoxy groups -OCH3 is 1. The van der Waals surface area contributed by atoms with Gasteiger partial charge in [-0.1, -0.05) is 41.9 Å². The van der Waals surface area contributed by atoms with Crippen LogP contribution in [0.4, 0.5) is 5.69 Å². The van der Waals surface area contributed by atoms with E-state index in [1.165, 1.54) is 32.0 Å². The summed E-state index contributed by atoms with van der Waals surface area (Å²) in [5.41, 5.74) is 3.05. The fourth-order valence-corrected chi connectivity index (χ4v) is 5.48. The van der Waals surface area contributed by atoms with Crippen LogP contribution in [0.2, 0.25) is 5.02 Å². The third-order valence-electron chi connectivity index (χ3n) is 7.70.